The fraction of sp³-hybridized carbons (Fsp3) is 0.389. The summed E-state index contributed by atoms with van der Waals surface area (Å²) in [5, 5.41) is 8.61. The first-order chi connectivity index (χ1) is 11.7. The number of ether oxygens (including phenoxy) is 1. The number of nitrogens with zero attached hydrogens (tertiary/aromatic N) is 3. The number of aromatic nitrogens is 2. The highest BCUT2D eigenvalue weighted by Gasteiger charge is 2.21. The van der Waals surface area contributed by atoms with E-state index in [1.807, 2.05) is 30.5 Å². The van der Waals surface area contributed by atoms with Crippen LogP contribution in [0.4, 0.5) is 0 Å². The molecule has 1 aliphatic rings. The van der Waals surface area contributed by atoms with Crippen molar-refractivity contribution in [3.63, 3.8) is 0 Å². The van der Waals surface area contributed by atoms with Gasteiger partial charge in [0.1, 0.15) is 5.75 Å². The van der Waals surface area contributed by atoms with E-state index in [2.05, 4.69) is 14.9 Å². The third kappa shape index (κ3) is 4.52. The Kier molecular flexibility index (Phi) is 5.38. The molecule has 1 aliphatic heterocycles. The number of rotatable bonds is 6. The third-order valence-electron chi connectivity index (χ3n) is 4.28. The molecule has 2 aromatic rings. The standard InChI is InChI=1S/C18H21N3O3/c22-18(23)13-24-16-3-1-14(2-4-16)12-21-9-5-15(6-10-21)17-11-19-7-8-20-17/h1-4,7-8,11,15H,5-6,9-10,12-13H2,(H,22,23). The average Bonchev–Trinajstić information content (AvgIpc) is 2.62. The fourth-order valence-corrected chi connectivity index (χ4v) is 3.00. The summed E-state index contributed by atoms with van der Waals surface area (Å²) in [6.45, 7) is 2.67. The number of carboxylic acids is 1. The lowest BCUT2D eigenvalue weighted by molar-refractivity contribution is -0.139. The highest BCUT2D eigenvalue weighted by atomic mass is 16.5. The molecular weight excluding hydrogens is 306 g/mol. The summed E-state index contributed by atoms with van der Waals surface area (Å²) in [4.78, 5) is 21.5. The molecule has 0 bridgehead atoms. The number of aliphatic carboxylic acids is 1. The van der Waals surface area contributed by atoms with Crippen molar-refractivity contribution in [1.82, 2.24) is 14.9 Å². The van der Waals surface area contributed by atoms with Gasteiger partial charge in [0.2, 0.25) is 0 Å². The van der Waals surface area contributed by atoms with E-state index in [1.54, 1.807) is 12.4 Å². The topological polar surface area (TPSA) is 75.6 Å². The monoisotopic (exact) mass is 327 g/mol. The van der Waals surface area contributed by atoms with Crippen molar-refractivity contribution in [2.45, 2.75) is 25.3 Å². The van der Waals surface area contributed by atoms with Gasteiger partial charge in [-0.3, -0.25) is 14.9 Å². The Morgan fingerprint density at radius 2 is 1.96 bits per heavy atom. The summed E-state index contributed by atoms with van der Waals surface area (Å²) in [6, 6.07) is 7.63. The van der Waals surface area contributed by atoms with Crippen molar-refractivity contribution >= 4 is 5.97 Å². The summed E-state index contributed by atoms with van der Waals surface area (Å²) >= 11 is 0. The second kappa shape index (κ2) is 7.88. The second-order valence-corrected chi connectivity index (χ2v) is 6.01. The first kappa shape index (κ1) is 16.4. The fourth-order valence-electron chi connectivity index (χ4n) is 3.00. The predicted molar refractivity (Wildman–Crippen MR) is 88.9 cm³/mol. The second-order valence-electron chi connectivity index (χ2n) is 6.01. The predicted octanol–water partition coefficient (Wildman–Crippen LogP) is 2.32. The van der Waals surface area contributed by atoms with Gasteiger partial charge in [-0.2, -0.15) is 0 Å². The molecule has 0 aliphatic carbocycles. The van der Waals surface area contributed by atoms with E-state index in [0.717, 1.165) is 38.2 Å². The number of likely N-dealkylation sites (tertiary alicyclic amines) is 1. The molecule has 1 aromatic heterocycles. The Hall–Kier alpha value is -2.47. The van der Waals surface area contributed by atoms with Gasteiger partial charge in [0.05, 0.1) is 5.69 Å². The summed E-state index contributed by atoms with van der Waals surface area (Å²) in [5.41, 5.74) is 2.30. The summed E-state index contributed by atoms with van der Waals surface area (Å²) in [6.07, 6.45) is 7.53. The van der Waals surface area contributed by atoms with Crippen LogP contribution >= 0.6 is 0 Å². The maximum absolute atomic E-state index is 10.5. The Bertz CT molecular complexity index is 653. The van der Waals surface area contributed by atoms with Gasteiger partial charge in [-0.25, -0.2) is 4.79 Å². The molecule has 0 radical (unpaired) electrons. The van der Waals surface area contributed by atoms with E-state index in [4.69, 9.17) is 9.84 Å². The Labute approximate surface area is 141 Å². The number of carbonyl (C=O) groups is 1. The van der Waals surface area contributed by atoms with Crippen LogP contribution in [0.1, 0.15) is 30.0 Å². The largest absolute Gasteiger partial charge is 0.482 e. The number of benzene rings is 1. The van der Waals surface area contributed by atoms with E-state index < -0.39 is 5.97 Å². The number of carboxylic acid groups (broad SMARTS) is 1. The van der Waals surface area contributed by atoms with Gasteiger partial charge >= 0.3 is 5.97 Å². The summed E-state index contributed by atoms with van der Waals surface area (Å²) in [7, 11) is 0. The lowest BCUT2D eigenvalue weighted by atomic mass is 9.93. The third-order valence-corrected chi connectivity index (χ3v) is 4.28. The van der Waals surface area contributed by atoms with Crippen LogP contribution in [-0.2, 0) is 11.3 Å². The molecule has 1 fully saturated rings. The maximum Gasteiger partial charge on any atom is 0.341 e. The van der Waals surface area contributed by atoms with Crippen LogP contribution in [0.5, 0.6) is 5.75 Å². The molecule has 6 nitrogen and oxygen atoms in total. The van der Waals surface area contributed by atoms with Gasteiger partial charge in [-0.15, -0.1) is 0 Å². The minimum Gasteiger partial charge on any atom is -0.482 e. The lowest BCUT2D eigenvalue weighted by Gasteiger charge is -2.31. The van der Waals surface area contributed by atoms with Crippen LogP contribution < -0.4 is 4.74 Å². The van der Waals surface area contributed by atoms with Crippen LogP contribution in [0.25, 0.3) is 0 Å². The van der Waals surface area contributed by atoms with Crippen molar-refractivity contribution in [2.24, 2.45) is 0 Å². The molecule has 0 unspecified atom stereocenters. The van der Waals surface area contributed by atoms with Crippen LogP contribution in [0, 0.1) is 0 Å². The molecule has 0 saturated carbocycles. The van der Waals surface area contributed by atoms with E-state index in [-0.39, 0.29) is 6.61 Å². The molecule has 2 heterocycles. The Morgan fingerprint density at radius 3 is 2.58 bits per heavy atom. The quantitative estimate of drug-likeness (QED) is 0.877. The van der Waals surface area contributed by atoms with E-state index >= 15 is 0 Å². The molecule has 6 heteroatoms. The SMILES string of the molecule is O=C(O)COc1ccc(CN2CCC(c3cnccn3)CC2)cc1. The molecule has 1 N–H and O–H groups in total. The normalized spacial score (nSPS) is 16.0. The maximum atomic E-state index is 10.5. The van der Waals surface area contributed by atoms with Gasteiger partial charge in [-0.05, 0) is 43.6 Å². The zero-order valence-corrected chi connectivity index (χ0v) is 13.5. The molecule has 24 heavy (non-hydrogen) atoms. The van der Waals surface area contributed by atoms with Crippen molar-refractivity contribution < 1.29 is 14.6 Å². The highest BCUT2D eigenvalue weighted by molar-refractivity contribution is 5.68. The van der Waals surface area contributed by atoms with Gasteiger partial charge < -0.3 is 9.84 Å². The van der Waals surface area contributed by atoms with Gasteiger partial charge in [0.25, 0.3) is 0 Å². The summed E-state index contributed by atoms with van der Waals surface area (Å²) in [5.74, 6) is 0.120. The van der Waals surface area contributed by atoms with Crippen LogP contribution in [0.2, 0.25) is 0 Å². The van der Waals surface area contributed by atoms with Crippen molar-refractivity contribution in [1.29, 1.82) is 0 Å². The van der Waals surface area contributed by atoms with E-state index in [1.165, 1.54) is 5.56 Å². The van der Waals surface area contributed by atoms with E-state index in [9.17, 15) is 4.79 Å². The number of piperidine rings is 1. The minimum atomic E-state index is -0.968. The van der Waals surface area contributed by atoms with E-state index in [0.29, 0.717) is 11.7 Å². The molecule has 3 rings (SSSR count). The van der Waals surface area contributed by atoms with Crippen LogP contribution in [-0.4, -0.2) is 45.6 Å². The Balaban J connectivity index is 1.48. The molecular formula is C18H21N3O3. The first-order valence-electron chi connectivity index (χ1n) is 8.12. The molecule has 0 spiro atoms. The van der Waals surface area contributed by atoms with Gasteiger partial charge in [0.15, 0.2) is 6.61 Å². The zero-order valence-electron chi connectivity index (χ0n) is 13.5. The van der Waals surface area contributed by atoms with Gasteiger partial charge in [0, 0.05) is 31.1 Å². The molecule has 0 amide bonds. The van der Waals surface area contributed by atoms with Crippen molar-refractivity contribution in [2.75, 3.05) is 19.7 Å². The molecule has 0 atom stereocenters. The first-order valence-corrected chi connectivity index (χ1v) is 8.12. The van der Waals surface area contributed by atoms with Crippen molar-refractivity contribution in [3.05, 3.63) is 54.1 Å². The van der Waals surface area contributed by atoms with Crippen LogP contribution in [0.15, 0.2) is 42.9 Å². The summed E-state index contributed by atoms with van der Waals surface area (Å²) < 4.78 is 5.15. The number of hydrogen-bond donors (Lipinski definition) is 1. The van der Waals surface area contributed by atoms with Crippen LogP contribution in [0.3, 0.4) is 0 Å². The Morgan fingerprint density at radius 1 is 1.21 bits per heavy atom. The van der Waals surface area contributed by atoms with Gasteiger partial charge in [-0.1, -0.05) is 12.1 Å². The molecule has 126 valence electrons. The smallest absolute Gasteiger partial charge is 0.341 e. The zero-order chi connectivity index (χ0) is 16.8. The molecule has 1 aromatic carbocycles. The highest BCUT2D eigenvalue weighted by Crippen LogP contribution is 2.26. The lowest BCUT2D eigenvalue weighted by Crippen LogP contribution is -2.32. The molecule has 1 saturated heterocycles. The minimum absolute atomic E-state index is 0.310. The average molecular weight is 327 g/mol. The number of hydrogen-bond acceptors (Lipinski definition) is 5. The van der Waals surface area contributed by atoms with Crippen molar-refractivity contribution in [3.8, 4) is 5.75 Å².